The SMILES string of the molecule is CCOC(=O)C=C1C=C(CC(C)CC(C)C(C)C)CC1. The summed E-state index contributed by atoms with van der Waals surface area (Å²) in [5.41, 5.74) is 2.62. The normalized spacial score (nSPS) is 20.1. The lowest BCUT2D eigenvalue weighted by Gasteiger charge is -2.20. The van der Waals surface area contributed by atoms with Crippen molar-refractivity contribution in [1.29, 1.82) is 0 Å². The molecule has 0 bridgehead atoms. The van der Waals surface area contributed by atoms with Crippen molar-refractivity contribution in [3.05, 3.63) is 23.3 Å². The molecule has 0 N–H and O–H groups in total. The molecule has 0 amide bonds. The van der Waals surface area contributed by atoms with E-state index in [1.807, 2.05) is 6.92 Å². The molecule has 0 spiro atoms. The number of carbonyl (C=O) groups excluding carboxylic acids is 1. The maximum atomic E-state index is 11.4. The average Bonchev–Trinajstić information content (AvgIpc) is 2.76. The molecule has 1 aliphatic carbocycles. The zero-order valence-electron chi connectivity index (χ0n) is 13.7. The first-order chi connectivity index (χ1) is 9.42. The van der Waals surface area contributed by atoms with E-state index >= 15 is 0 Å². The molecule has 0 aromatic carbocycles. The lowest BCUT2D eigenvalue weighted by atomic mass is 9.86. The fourth-order valence-corrected chi connectivity index (χ4v) is 2.76. The number of hydrogen-bond acceptors (Lipinski definition) is 2. The van der Waals surface area contributed by atoms with Gasteiger partial charge in [0.2, 0.25) is 0 Å². The van der Waals surface area contributed by atoms with Crippen molar-refractivity contribution in [1.82, 2.24) is 0 Å². The van der Waals surface area contributed by atoms with Gasteiger partial charge in [0.1, 0.15) is 0 Å². The van der Waals surface area contributed by atoms with E-state index in [1.54, 1.807) is 6.08 Å². The van der Waals surface area contributed by atoms with Crippen LogP contribution in [0.4, 0.5) is 0 Å². The molecule has 0 radical (unpaired) electrons. The molecule has 0 aliphatic heterocycles. The molecule has 0 heterocycles. The Balaban J connectivity index is 2.47. The molecule has 114 valence electrons. The van der Waals surface area contributed by atoms with Crippen molar-refractivity contribution >= 4 is 5.97 Å². The second kappa shape index (κ2) is 8.28. The third-order valence-corrected chi connectivity index (χ3v) is 4.24. The summed E-state index contributed by atoms with van der Waals surface area (Å²) >= 11 is 0. The van der Waals surface area contributed by atoms with Crippen LogP contribution in [-0.2, 0) is 9.53 Å². The van der Waals surface area contributed by atoms with Gasteiger partial charge in [-0.25, -0.2) is 4.79 Å². The van der Waals surface area contributed by atoms with Crippen LogP contribution in [0.3, 0.4) is 0 Å². The Morgan fingerprint density at radius 2 is 2.00 bits per heavy atom. The largest absolute Gasteiger partial charge is 0.463 e. The first-order valence-corrected chi connectivity index (χ1v) is 7.99. The van der Waals surface area contributed by atoms with Crippen molar-refractivity contribution in [3.63, 3.8) is 0 Å². The van der Waals surface area contributed by atoms with Crippen molar-refractivity contribution in [2.75, 3.05) is 6.61 Å². The summed E-state index contributed by atoms with van der Waals surface area (Å²) in [4.78, 5) is 11.4. The fraction of sp³-hybridized carbons (Fsp3) is 0.722. The standard InChI is InChI=1S/C18H30O2/c1-6-20-18(19)12-17-8-7-16(11-17)10-14(4)9-15(5)13(2)3/h11-15H,6-10H2,1-5H3. The molecule has 20 heavy (non-hydrogen) atoms. The van der Waals surface area contributed by atoms with Crippen molar-refractivity contribution in [3.8, 4) is 0 Å². The highest BCUT2D eigenvalue weighted by atomic mass is 16.5. The Bertz CT molecular complexity index is 377. The van der Waals surface area contributed by atoms with E-state index in [0.717, 1.165) is 42.6 Å². The van der Waals surface area contributed by atoms with Gasteiger partial charge >= 0.3 is 5.97 Å². The molecule has 0 saturated carbocycles. The number of allylic oxidation sites excluding steroid dienone is 3. The fourth-order valence-electron chi connectivity index (χ4n) is 2.76. The summed E-state index contributed by atoms with van der Waals surface area (Å²) in [5.74, 6) is 2.05. The van der Waals surface area contributed by atoms with Crippen LogP contribution in [0.1, 0.15) is 60.3 Å². The molecular weight excluding hydrogens is 248 g/mol. The molecule has 2 heteroatoms. The van der Waals surface area contributed by atoms with Crippen LogP contribution in [-0.4, -0.2) is 12.6 Å². The first-order valence-electron chi connectivity index (χ1n) is 7.99. The second-order valence-electron chi connectivity index (χ2n) is 6.54. The topological polar surface area (TPSA) is 26.3 Å². The Labute approximate surface area is 124 Å². The molecule has 2 nitrogen and oxygen atoms in total. The predicted molar refractivity (Wildman–Crippen MR) is 84.4 cm³/mol. The van der Waals surface area contributed by atoms with Gasteiger partial charge in [-0.15, -0.1) is 0 Å². The van der Waals surface area contributed by atoms with E-state index in [4.69, 9.17) is 4.74 Å². The summed E-state index contributed by atoms with van der Waals surface area (Å²) in [5, 5.41) is 0. The van der Waals surface area contributed by atoms with E-state index in [-0.39, 0.29) is 5.97 Å². The Morgan fingerprint density at radius 3 is 2.60 bits per heavy atom. The number of ether oxygens (including phenoxy) is 1. The molecule has 0 aromatic heterocycles. The lowest BCUT2D eigenvalue weighted by molar-refractivity contribution is -0.137. The van der Waals surface area contributed by atoms with Crippen LogP contribution in [0, 0.1) is 17.8 Å². The van der Waals surface area contributed by atoms with Gasteiger partial charge in [-0.3, -0.25) is 0 Å². The first kappa shape index (κ1) is 17.0. The van der Waals surface area contributed by atoms with Crippen LogP contribution in [0.25, 0.3) is 0 Å². The Hall–Kier alpha value is -1.05. The molecule has 0 saturated heterocycles. The van der Waals surface area contributed by atoms with E-state index in [1.165, 1.54) is 12.0 Å². The number of esters is 1. The van der Waals surface area contributed by atoms with Gasteiger partial charge in [0, 0.05) is 6.08 Å². The maximum absolute atomic E-state index is 11.4. The molecular formula is C18H30O2. The van der Waals surface area contributed by atoms with Crippen LogP contribution in [0.5, 0.6) is 0 Å². The van der Waals surface area contributed by atoms with E-state index in [2.05, 4.69) is 33.8 Å². The van der Waals surface area contributed by atoms with E-state index < -0.39 is 0 Å². The summed E-state index contributed by atoms with van der Waals surface area (Å²) in [6.07, 6.45) is 8.39. The van der Waals surface area contributed by atoms with Gasteiger partial charge in [0.15, 0.2) is 0 Å². The second-order valence-corrected chi connectivity index (χ2v) is 6.54. The van der Waals surface area contributed by atoms with Gasteiger partial charge in [0.25, 0.3) is 0 Å². The average molecular weight is 278 g/mol. The van der Waals surface area contributed by atoms with Gasteiger partial charge in [-0.2, -0.15) is 0 Å². The summed E-state index contributed by atoms with van der Waals surface area (Å²) < 4.78 is 4.95. The van der Waals surface area contributed by atoms with Crippen LogP contribution in [0.15, 0.2) is 23.3 Å². The van der Waals surface area contributed by atoms with E-state index in [0.29, 0.717) is 6.61 Å². The minimum Gasteiger partial charge on any atom is -0.463 e. The van der Waals surface area contributed by atoms with Crippen molar-refractivity contribution in [2.45, 2.75) is 60.3 Å². The zero-order chi connectivity index (χ0) is 15.1. The molecule has 0 fully saturated rings. The summed E-state index contributed by atoms with van der Waals surface area (Å²) in [6.45, 7) is 11.6. The summed E-state index contributed by atoms with van der Waals surface area (Å²) in [6, 6.07) is 0. The molecule has 1 rings (SSSR count). The number of rotatable bonds is 7. The molecule has 0 aromatic rings. The Kier molecular flexibility index (Phi) is 7.04. The third kappa shape index (κ3) is 5.94. The van der Waals surface area contributed by atoms with Crippen LogP contribution in [0.2, 0.25) is 0 Å². The van der Waals surface area contributed by atoms with Gasteiger partial charge in [-0.05, 0) is 55.9 Å². The molecule has 1 aliphatic rings. The smallest absolute Gasteiger partial charge is 0.331 e. The lowest BCUT2D eigenvalue weighted by Crippen LogP contribution is -2.09. The van der Waals surface area contributed by atoms with Crippen molar-refractivity contribution in [2.24, 2.45) is 17.8 Å². The number of hydrogen-bond donors (Lipinski definition) is 0. The highest BCUT2D eigenvalue weighted by molar-refractivity contribution is 5.83. The van der Waals surface area contributed by atoms with Gasteiger partial charge in [0.05, 0.1) is 6.61 Å². The van der Waals surface area contributed by atoms with Gasteiger partial charge < -0.3 is 4.74 Å². The quantitative estimate of drug-likeness (QED) is 0.489. The zero-order valence-corrected chi connectivity index (χ0v) is 13.7. The van der Waals surface area contributed by atoms with E-state index in [9.17, 15) is 4.79 Å². The minimum atomic E-state index is -0.207. The third-order valence-electron chi connectivity index (χ3n) is 4.24. The highest BCUT2D eigenvalue weighted by Crippen LogP contribution is 2.31. The van der Waals surface area contributed by atoms with Crippen molar-refractivity contribution < 1.29 is 9.53 Å². The van der Waals surface area contributed by atoms with Crippen LogP contribution >= 0.6 is 0 Å². The van der Waals surface area contributed by atoms with Crippen LogP contribution < -0.4 is 0 Å². The predicted octanol–water partition coefficient (Wildman–Crippen LogP) is 4.90. The molecule has 2 unspecified atom stereocenters. The van der Waals surface area contributed by atoms with Gasteiger partial charge in [-0.1, -0.05) is 39.3 Å². The number of carbonyl (C=O) groups is 1. The monoisotopic (exact) mass is 278 g/mol. The minimum absolute atomic E-state index is 0.207. The highest BCUT2D eigenvalue weighted by Gasteiger charge is 2.16. The Morgan fingerprint density at radius 1 is 1.30 bits per heavy atom. The molecule has 2 atom stereocenters. The summed E-state index contributed by atoms with van der Waals surface area (Å²) in [7, 11) is 0. The maximum Gasteiger partial charge on any atom is 0.331 e.